The maximum atomic E-state index is 13.4. The van der Waals surface area contributed by atoms with Gasteiger partial charge in [-0.15, -0.1) is 0 Å². The number of aromatic hydroxyl groups is 1. The monoisotopic (exact) mass is 1900 g/mol. The van der Waals surface area contributed by atoms with Crippen LogP contribution in [0.2, 0.25) is 0 Å². The molecule has 0 fully saturated rings. The Labute approximate surface area is 762 Å². The van der Waals surface area contributed by atoms with Gasteiger partial charge in [0.2, 0.25) is 47.5 Å². The van der Waals surface area contributed by atoms with Crippen LogP contribution >= 0.6 is 0 Å². The van der Waals surface area contributed by atoms with E-state index in [-0.39, 0.29) is 136 Å². The number of nitrogens with zero attached hydrogens (tertiary/aromatic N) is 4. The minimum Gasteiger partial charge on any atom is -0.726 e. The SMILES string of the molecule is CC(=O)Nc1cccc2c1C(=O)c1c(NCCC[N+](C)(C)C)ccc(N)c1C2=O.CC[N+](C)(C)CCCNc1ccc(N)c2c1C(=O)c1c(N)cccc1C2=O.COS(=O)(=O)[O-].COS(=O)(=O)[O-].COS(=O)(=O)[O-].COS(=O)(=O)[O-].C[N+](C)(C)CCCNc1ccc(N)c2c1C(=O)c1c(O)cccc1C2=O.C[N+](C)(C)CCCc1cccc2c1C(=O)c1c(N)ccc(N)c1C2=O. The molecule has 0 unspecified atom stereocenters. The molecule has 0 heterocycles. The number of fused-ring (bicyclic) bond motifs is 8. The number of quaternary nitrogens is 4. The number of nitrogens with one attached hydrogen (secondary N) is 4. The lowest BCUT2D eigenvalue weighted by Crippen LogP contribution is -2.40. The van der Waals surface area contributed by atoms with Gasteiger partial charge in [-0.3, -0.25) is 59.9 Å². The normalized spacial score (nSPS) is 13.0. The fourth-order valence-electron chi connectivity index (χ4n) is 13.6. The predicted octanol–water partition coefficient (Wildman–Crippen LogP) is 5.93. The zero-order chi connectivity index (χ0) is 99.4. The Morgan fingerprint density at radius 3 is 0.954 bits per heavy atom. The molecule has 0 saturated heterocycles. The van der Waals surface area contributed by atoms with Crippen LogP contribution in [0.1, 0.15) is 172 Å². The number of hydrogen-bond acceptors (Lipinski definition) is 35. The minimum absolute atomic E-state index is 0.0463. The lowest BCUT2D eigenvalue weighted by molar-refractivity contribution is -0.888. The van der Waals surface area contributed by atoms with Crippen molar-refractivity contribution in [1.29, 1.82) is 0 Å². The van der Waals surface area contributed by atoms with Crippen LogP contribution in [0.25, 0.3) is 0 Å². The summed E-state index contributed by atoms with van der Waals surface area (Å²) < 4.78 is 128. The van der Waals surface area contributed by atoms with Crippen LogP contribution in [-0.2, 0) is 69.5 Å². The second kappa shape index (κ2) is 45.6. The van der Waals surface area contributed by atoms with Gasteiger partial charge in [0.1, 0.15) is 5.75 Å². The summed E-state index contributed by atoms with van der Waals surface area (Å²) in [6.07, 6.45) is 4.43. The molecular formula is C87H114N14O26S4. The molecule has 4 aliphatic rings. The van der Waals surface area contributed by atoms with E-state index in [4.69, 9.17) is 34.4 Å². The van der Waals surface area contributed by atoms with Crippen LogP contribution in [0.15, 0.2) is 121 Å². The fraction of sp³-hybridized carbons (Fsp3) is 0.345. The molecule has 1 amide bonds. The van der Waals surface area contributed by atoms with E-state index in [2.05, 4.69) is 122 Å². The average molecular weight is 1900 g/mol. The van der Waals surface area contributed by atoms with Gasteiger partial charge in [-0.25, -0.2) is 33.7 Å². The van der Waals surface area contributed by atoms with Crippen molar-refractivity contribution >= 4 is 151 Å². The van der Waals surface area contributed by atoms with Crippen LogP contribution in [0, 0.1) is 0 Å². The Kier molecular flexibility index (Phi) is 38.1. The highest BCUT2D eigenvalue weighted by molar-refractivity contribution is 7.81. The number of amides is 1. The first-order chi connectivity index (χ1) is 60.5. The third-order valence-electron chi connectivity index (χ3n) is 20.2. The first-order valence-corrected chi connectivity index (χ1v) is 45.4. The van der Waals surface area contributed by atoms with Crippen molar-refractivity contribution in [3.05, 3.63) is 216 Å². The summed E-state index contributed by atoms with van der Waals surface area (Å²) in [5.41, 5.74) is 45.1. The van der Waals surface area contributed by atoms with E-state index < -0.39 is 41.6 Å². The smallest absolute Gasteiger partial charge is 0.221 e. The van der Waals surface area contributed by atoms with Crippen molar-refractivity contribution in [2.45, 2.75) is 46.0 Å². The lowest BCUT2D eigenvalue weighted by Gasteiger charge is -2.28. The van der Waals surface area contributed by atoms with Crippen LogP contribution in [-0.4, -0.2) is 285 Å². The number of nitrogens with two attached hydrogens (primary N) is 6. The van der Waals surface area contributed by atoms with E-state index in [1.807, 2.05) is 12.1 Å². The van der Waals surface area contributed by atoms with Crippen molar-refractivity contribution < 1.29 is 135 Å². The first kappa shape index (κ1) is 109. The molecule has 0 atom stereocenters. The maximum Gasteiger partial charge on any atom is 0.221 e. The number of hydrogen-bond donors (Lipinski definition) is 11. The van der Waals surface area contributed by atoms with Gasteiger partial charge >= 0.3 is 0 Å². The third kappa shape index (κ3) is 31.0. The maximum absolute atomic E-state index is 13.4. The van der Waals surface area contributed by atoms with Gasteiger partial charge in [-0.2, -0.15) is 0 Å². The Bertz CT molecular complexity index is 6020. The number of phenolic OH excluding ortho intramolecular Hbond substituents is 1. The van der Waals surface area contributed by atoms with Crippen molar-refractivity contribution in [2.75, 3.05) is 214 Å². The topological polar surface area (TPSA) is 644 Å². The molecule has 131 heavy (non-hydrogen) atoms. The van der Waals surface area contributed by atoms with Crippen molar-refractivity contribution in [2.24, 2.45) is 0 Å². The Balaban J connectivity index is 0.000000284. The number of aryl methyl sites for hydroxylation is 1. The molecular weight excluding hydrogens is 1790 g/mol. The number of rotatable bonds is 25. The molecule has 0 radical (unpaired) electrons. The van der Waals surface area contributed by atoms with Crippen LogP contribution in [0.5, 0.6) is 5.75 Å². The van der Waals surface area contributed by atoms with Crippen molar-refractivity contribution in [3.63, 3.8) is 0 Å². The summed E-state index contributed by atoms with van der Waals surface area (Å²) in [6, 6.07) is 33.1. The van der Waals surface area contributed by atoms with E-state index in [1.165, 1.54) is 13.0 Å². The number of benzene rings is 8. The number of ketones is 8. The fourth-order valence-corrected chi connectivity index (χ4v) is 13.6. The van der Waals surface area contributed by atoms with E-state index in [1.54, 1.807) is 103 Å². The summed E-state index contributed by atoms with van der Waals surface area (Å²) in [4.78, 5) is 116. The predicted molar refractivity (Wildman–Crippen MR) is 492 cm³/mol. The molecule has 8 aromatic carbocycles. The van der Waals surface area contributed by atoms with E-state index in [0.29, 0.717) is 87.4 Å². The van der Waals surface area contributed by atoms with E-state index >= 15 is 0 Å². The largest absolute Gasteiger partial charge is 0.726 e. The zero-order valence-electron chi connectivity index (χ0n) is 75.8. The van der Waals surface area contributed by atoms with Gasteiger partial charge in [0.05, 0.1) is 206 Å². The molecule has 0 bridgehead atoms. The number of carbonyl (C=O) groups excluding carboxylic acids is 9. The Morgan fingerprint density at radius 2 is 0.603 bits per heavy atom. The Morgan fingerprint density at radius 1 is 0.336 bits per heavy atom. The number of carbonyl (C=O) groups is 9. The molecule has 17 N–H and O–H groups in total. The first-order valence-electron chi connectivity index (χ1n) is 40.1. The minimum atomic E-state index is -4.41. The molecule has 0 spiro atoms. The molecule has 40 nitrogen and oxygen atoms in total. The van der Waals surface area contributed by atoms with Crippen molar-refractivity contribution in [1.82, 2.24) is 0 Å². The molecule has 44 heteroatoms. The second-order valence-electron chi connectivity index (χ2n) is 33.5. The quantitative estimate of drug-likeness (QED) is 0.0104. The van der Waals surface area contributed by atoms with E-state index in [9.17, 15) is 100 Å². The molecule has 712 valence electrons. The second-order valence-corrected chi connectivity index (χ2v) is 38.1. The van der Waals surface area contributed by atoms with Crippen LogP contribution in [0.4, 0.5) is 56.9 Å². The highest BCUT2D eigenvalue weighted by Gasteiger charge is 2.40. The summed E-state index contributed by atoms with van der Waals surface area (Å²) in [5, 5.41) is 22.6. The standard InChI is InChI=1S/C22H26N4O3.C21H26N4O2.C20H23N3O3.C20H23N3O2.4CH4O4S/c1-13(27)25-17-8-5-7-14-18(17)22(29)20-16(24-11-6-12-26(2,3)4)10-9-15(23)19(20)21(14)28;1-4-25(2,3)12-6-11-24-16-10-9-15(23)18-19(16)21(27)17-13(20(18)26)7-5-8-14(17)22;1-23(2,3)11-5-10-22-14-9-8-13(21)17-18(14)20(26)16-12(19(17)25)6-4-7-15(16)24;1-23(2,3)11-5-7-12-6-4-8-13-16(12)20(25)18-15(22)10-9-14(21)17(18)19(13)24;4*1-5-6(2,3)4/h5,7-10H,6,11-12H2,1-4H3,(H3-,23,24,25,27,28,29);5,7-10H,4,6,11-12H2,1-3H3,(H4-,22,23,24,26,27);4,6-9H,5,10-11H2,1-3H3,(H3-,21,22,24,25,26);4,6,8-10H,5,7,11H2,1-3H3,(H3-,21,22,24,25);4*1H3,(H,2,3,4). The summed E-state index contributed by atoms with van der Waals surface area (Å²) in [6.45, 7) is 10.6. The molecule has 0 saturated carbocycles. The van der Waals surface area contributed by atoms with Gasteiger partial charge < -0.3 is 96.9 Å². The lowest BCUT2D eigenvalue weighted by atomic mass is 9.79. The number of phenols is 1. The molecule has 12 rings (SSSR count). The molecule has 8 aromatic rings. The van der Waals surface area contributed by atoms with Crippen molar-refractivity contribution in [3.8, 4) is 5.75 Å². The number of nitrogen functional groups attached to an aromatic ring is 6. The average Bonchev–Trinajstić information content (AvgIpc) is 0.756. The van der Waals surface area contributed by atoms with E-state index in [0.717, 1.165) is 117 Å². The zero-order valence-corrected chi connectivity index (χ0v) is 79.0. The highest BCUT2D eigenvalue weighted by atomic mass is 32.3. The van der Waals surface area contributed by atoms with Crippen LogP contribution in [0.3, 0.4) is 0 Å². The van der Waals surface area contributed by atoms with Crippen LogP contribution < -0.4 is 55.7 Å². The highest BCUT2D eigenvalue weighted by Crippen LogP contribution is 2.43. The number of anilines is 10. The molecule has 0 aromatic heterocycles. The summed E-state index contributed by atoms with van der Waals surface area (Å²) in [5.74, 6) is -2.77. The summed E-state index contributed by atoms with van der Waals surface area (Å²) in [7, 11) is 9.07. The van der Waals surface area contributed by atoms with Gasteiger partial charge in [0.15, 0.2) is 46.3 Å². The third-order valence-corrected chi connectivity index (χ3v) is 21.8. The van der Waals surface area contributed by atoms with Gasteiger partial charge in [0, 0.05) is 131 Å². The molecule has 0 aliphatic heterocycles. The Hall–Kier alpha value is -12.1. The molecule has 4 aliphatic carbocycles. The van der Waals surface area contributed by atoms with Gasteiger partial charge in [0.25, 0.3) is 0 Å². The van der Waals surface area contributed by atoms with Gasteiger partial charge in [-0.1, -0.05) is 54.6 Å². The summed E-state index contributed by atoms with van der Waals surface area (Å²) >= 11 is 0. The van der Waals surface area contributed by atoms with Gasteiger partial charge in [-0.05, 0) is 85.6 Å².